The minimum atomic E-state index is 0.414. The Morgan fingerprint density at radius 1 is 1.08 bits per heavy atom. The second kappa shape index (κ2) is 7.58. The minimum absolute atomic E-state index is 0.414. The Kier molecular flexibility index (Phi) is 5.03. The maximum Gasteiger partial charge on any atom is 0.277 e. The zero-order valence-corrected chi connectivity index (χ0v) is 15.1. The van der Waals surface area contributed by atoms with E-state index < -0.39 is 0 Å². The fourth-order valence-corrected chi connectivity index (χ4v) is 3.68. The van der Waals surface area contributed by atoms with E-state index in [9.17, 15) is 0 Å². The fourth-order valence-electron chi connectivity index (χ4n) is 2.94. The van der Waals surface area contributed by atoms with Gasteiger partial charge in [0.15, 0.2) is 5.82 Å². The van der Waals surface area contributed by atoms with Crippen molar-refractivity contribution in [3.8, 4) is 11.5 Å². The molecule has 0 bridgehead atoms. The number of thioether (sulfide) groups is 1. The first-order chi connectivity index (χ1) is 12.3. The van der Waals surface area contributed by atoms with Gasteiger partial charge in [-0.2, -0.15) is 4.98 Å². The van der Waals surface area contributed by atoms with E-state index in [2.05, 4.69) is 20.3 Å². The normalized spacial score (nSPS) is 15.6. The van der Waals surface area contributed by atoms with Gasteiger partial charge >= 0.3 is 0 Å². The molecule has 0 aliphatic heterocycles. The Hall–Kier alpha value is -1.86. The number of aromatic nitrogens is 4. The highest BCUT2D eigenvalue weighted by atomic mass is 35.5. The molecule has 0 spiro atoms. The van der Waals surface area contributed by atoms with Gasteiger partial charge in [-0.15, -0.1) is 10.2 Å². The molecule has 0 N–H and O–H groups in total. The molecule has 2 aromatic heterocycles. The third-order valence-electron chi connectivity index (χ3n) is 4.26. The van der Waals surface area contributed by atoms with Gasteiger partial charge in [-0.3, -0.25) is 0 Å². The van der Waals surface area contributed by atoms with Crippen molar-refractivity contribution in [2.24, 2.45) is 0 Å². The van der Waals surface area contributed by atoms with Gasteiger partial charge in [0.25, 0.3) is 11.1 Å². The average Bonchev–Trinajstić information content (AvgIpc) is 3.31. The zero-order valence-electron chi connectivity index (χ0n) is 13.5. The third kappa shape index (κ3) is 4.04. The van der Waals surface area contributed by atoms with Crippen molar-refractivity contribution in [1.29, 1.82) is 0 Å². The summed E-state index contributed by atoms with van der Waals surface area (Å²) in [5.41, 5.74) is 0.838. The van der Waals surface area contributed by atoms with Crippen LogP contribution < -0.4 is 0 Å². The van der Waals surface area contributed by atoms with Gasteiger partial charge in [0.2, 0.25) is 5.89 Å². The molecule has 4 rings (SSSR count). The highest BCUT2D eigenvalue weighted by Gasteiger charge is 2.21. The van der Waals surface area contributed by atoms with Crippen LogP contribution in [-0.2, 0) is 5.75 Å². The average molecular weight is 377 g/mol. The summed E-state index contributed by atoms with van der Waals surface area (Å²) in [6, 6.07) is 7.28. The smallest absolute Gasteiger partial charge is 0.277 e. The molecule has 25 heavy (non-hydrogen) atoms. The number of halogens is 1. The quantitative estimate of drug-likeness (QED) is 0.572. The topological polar surface area (TPSA) is 77.8 Å². The van der Waals surface area contributed by atoms with Gasteiger partial charge < -0.3 is 8.94 Å². The summed E-state index contributed by atoms with van der Waals surface area (Å²) in [5, 5.41) is 13.5. The molecular formula is C17H17ClN4O2S. The van der Waals surface area contributed by atoms with Crippen LogP contribution in [0.15, 0.2) is 38.4 Å². The lowest BCUT2D eigenvalue weighted by molar-refractivity contribution is 0.334. The van der Waals surface area contributed by atoms with Crippen LogP contribution in [-0.4, -0.2) is 20.3 Å². The number of hydrogen-bond donors (Lipinski definition) is 0. The zero-order chi connectivity index (χ0) is 17.1. The molecule has 1 aromatic carbocycles. The lowest BCUT2D eigenvalue weighted by atomic mass is 9.89. The summed E-state index contributed by atoms with van der Waals surface area (Å²) < 4.78 is 11.1. The maximum atomic E-state index is 5.89. The first-order valence-electron chi connectivity index (χ1n) is 8.32. The summed E-state index contributed by atoms with van der Waals surface area (Å²) >= 11 is 7.31. The van der Waals surface area contributed by atoms with Gasteiger partial charge in [0.1, 0.15) is 0 Å². The molecule has 0 amide bonds. The lowest BCUT2D eigenvalue weighted by Crippen LogP contribution is -2.04. The van der Waals surface area contributed by atoms with Crippen LogP contribution in [0.4, 0.5) is 0 Å². The molecule has 1 fully saturated rings. The molecule has 1 aliphatic rings. The van der Waals surface area contributed by atoms with Crippen molar-refractivity contribution >= 4 is 23.4 Å². The van der Waals surface area contributed by atoms with Gasteiger partial charge in [-0.25, -0.2) is 0 Å². The molecule has 8 heteroatoms. The van der Waals surface area contributed by atoms with E-state index in [1.807, 2.05) is 12.1 Å². The van der Waals surface area contributed by atoms with Crippen molar-refractivity contribution < 1.29 is 8.94 Å². The van der Waals surface area contributed by atoms with Crippen LogP contribution in [0.5, 0.6) is 0 Å². The van der Waals surface area contributed by atoms with Crippen LogP contribution in [0.2, 0.25) is 5.02 Å². The summed E-state index contributed by atoms with van der Waals surface area (Å²) in [5.74, 6) is 2.76. The molecule has 130 valence electrons. The number of nitrogens with zero attached hydrogens (tertiary/aromatic N) is 4. The highest BCUT2D eigenvalue weighted by Crippen LogP contribution is 2.33. The van der Waals surface area contributed by atoms with Gasteiger partial charge in [-0.05, 0) is 37.1 Å². The summed E-state index contributed by atoms with van der Waals surface area (Å²) in [4.78, 5) is 4.39. The molecule has 0 unspecified atom stereocenters. The van der Waals surface area contributed by atoms with Crippen molar-refractivity contribution in [2.75, 3.05) is 0 Å². The van der Waals surface area contributed by atoms with Crippen LogP contribution >= 0.6 is 23.4 Å². The van der Waals surface area contributed by atoms with Crippen molar-refractivity contribution in [1.82, 2.24) is 20.3 Å². The largest absolute Gasteiger partial charge is 0.416 e. The predicted octanol–water partition coefficient (Wildman–Crippen LogP) is 5.11. The van der Waals surface area contributed by atoms with Gasteiger partial charge in [-0.1, -0.05) is 47.8 Å². The second-order valence-corrected chi connectivity index (χ2v) is 7.42. The highest BCUT2D eigenvalue weighted by molar-refractivity contribution is 7.98. The Balaban J connectivity index is 1.37. The first kappa shape index (κ1) is 16.6. The van der Waals surface area contributed by atoms with Crippen molar-refractivity contribution in [3.05, 3.63) is 41.0 Å². The number of benzene rings is 1. The SMILES string of the molecule is Clc1ccc(-c2nc(CSc3nnc(C4CCCCC4)o3)no2)cc1. The molecule has 3 aromatic rings. The molecular weight excluding hydrogens is 360 g/mol. The van der Waals surface area contributed by atoms with E-state index in [0.717, 1.165) is 24.3 Å². The lowest BCUT2D eigenvalue weighted by Gasteiger charge is -2.17. The molecule has 2 heterocycles. The third-order valence-corrected chi connectivity index (χ3v) is 5.33. The van der Waals surface area contributed by atoms with E-state index in [1.54, 1.807) is 12.1 Å². The summed E-state index contributed by atoms with van der Waals surface area (Å²) in [6.07, 6.45) is 6.07. The number of rotatable bonds is 5. The Morgan fingerprint density at radius 3 is 2.68 bits per heavy atom. The van der Waals surface area contributed by atoms with E-state index in [-0.39, 0.29) is 0 Å². The van der Waals surface area contributed by atoms with Crippen LogP contribution in [0.1, 0.15) is 49.7 Å². The molecule has 0 radical (unpaired) electrons. The van der Waals surface area contributed by atoms with E-state index in [4.69, 9.17) is 20.5 Å². The predicted molar refractivity (Wildman–Crippen MR) is 94.4 cm³/mol. The van der Waals surface area contributed by atoms with Crippen LogP contribution in [0.25, 0.3) is 11.5 Å². The Bertz CT molecular complexity index is 827. The van der Waals surface area contributed by atoms with E-state index in [1.165, 1.54) is 31.0 Å². The standard InChI is InChI=1S/C17H17ClN4O2S/c18-13-8-6-12(7-9-13)15-19-14(22-24-15)10-25-17-21-20-16(23-17)11-4-2-1-3-5-11/h6-9,11H,1-5,10H2. The van der Waals surface area contributed by atoms with Crippen molar-refractivity contribution in [3.63, 3.8) is 0 Å². The molecule has 0 saturated heterocycles. The maximum absolute atomic E-state index is 5.89. The molecule has 1 saturated carbocycles. The van der Waals surface area contributed by atoms with E-state index in [0.29, 0.717) is 33.6 Å². The summed E-state index contributed by atoms with van der Waals surface area (Å²) in [6.45, 7) is 0. The fraction of sp³-hybridized carbons (Fsp3) is 0.412. The van der Waals surface area contributed by atoms with Gasteiger partial charge in [0.05, 0.1) is 5.75 Å². The van der Waals surface area contributed by atoms with Crippen molar-refractivity contribution in [2.45, 2.75) is 49.0 Å². The minimum Gasteiger partial charge on any atom is -0.416 e. The second-order valence-electron chi connectivity index (χ2n) is 6.05. The van der Waals surface area contributed by atoms with Gasteiger partial charge in [0, 0.05) is 16.5 Å². The monoisotopic (exact) mass is 376 g/mol. The molecule has 6 nitrogen and oxygen atoms in total. The number of hydrogen-bond acceptors (Lipinski definition) is 7. The Morgan fingerprint density at radius 2 is 1.88 bits per heavy atom. The summed E-state index contributed by atoms with van der Waals surface area (Å²) in [7, 11) is 0. The first-order valence-corrected chi connectivity index (χ1v) is 9.69. The van der Waals surface area contributed by atoms with E-state index >= 15 is 0 Å². The van der Waals surface area contributed by atoms with Crippen LogP contribution in [0, 0.1) is 0 Å². The molecule has 0 atom stereocenters. The van der Waals surface area contributed by atoms with Crippen LogP contribution in [0.3, 0.4) is 0 Å². The molecule has 1 aliphatic carbocycles. The Labute approximate surface area is 154 Å².